The molecule has 0 saturated carbocycles. The lowest BCUT2D eigenvalue weighted by Crippen LogP contribution is -2.37. The van der Waals surface area contributed by atoms with Crippen molar-refractivity contribution < 1.29 is 4.79 Å². The van der Waals surface area contributed by atoms with Gasteiger partial charge in [-0.15, -0.1) is 0 Å². The number of fused-ring (bicyclic) bond motifs is 2. The highest BCUT2D eigenvalue weighted by Gasteiger charge is 2.37. The molecule has 1 unspecified atom stereocenters. The predicted octanol–water partition coefficient (Wildman–Crippen LogP) is 3.62. The second kappa shape index (κ2) is 6.87. The molecule has 0 fully saturated rings. The first-order valence-corrected chi connectivity index (χ1v) is 10.2. The number of hydrogen-bond acceptors (Lipinski definition) is 3. The Balaban J connectivity index is 1.94. The van der Waals surface area contributed by atoms with Crippen LogP contribution >= 0.6 is 23.2 Å². The molecular formula is C22H16Cl2N4O3. The van der Waals surface area contributed by atoms with Crippen molar-refractivity contribution in [2.75, 3.05) is 5.32 Å². The molecule has 9 heteroatoms. The van der Waals surface area contributed by atoms with Crippen molar-refractivity contribution in [1.29, 1.82) is 0 Å². The Kier molecular flexibility index (Phi) is 4.35. The monoisotopic (exact) mass is 454 g/mol. The number of amides is 1. The van der Waals surface area contributed by atoms with Gasteiger partial charge in [-0.1, -0.05) is 35.3 Å². The topological polar surface area (TPSA) is 88.9 Å². The molecule has 4 aromatic rings. The molecule has 1 amide bonds. The molecule has 0 spiro atoms. The molecule has 0 bridgehead atoms. The minimum atomic E-state index is -0.779. The van der Waals surface area contributed by atoms with Gasteiger partial charge in [0.2, 0.25) is 5.91 Å². The smallest absolute Gasteiger partial charge is 0.332 e. The van der Waals surface area contributed by atoms with Crippen LogP contribution in [0.3, 0.4) is 0 Å². The Bertz CT molecular complexity index is 1510. The fraction of sp³-hybridized carbons (Fsp3) is 0.136. The summed E-state index contributed by atoms with van der Waals surface area (Å²) < 4.78 is 2.41. The Morgan fingerprint density at radius 3 is 2.29 bits per heavy atom. The molecule has 1 aliphatic heterocycles. The largest absolute Gasteiger partial charge is 0.340 e. The van der Waals surface area contributed by atoms with Gasteiger partial charge in [0, 0.05) is 35.4 Å². The number of aromatic nitrogens is 3. The summed E-state index contributed by atoms with van der Waals surface area (Å²) in [7, 11) is 3.00. The summed E-state index contributed by atoms with van der Waals surface area (Å²) in [6.45, 7) is 0. The Labute approximate surface area is 185 Å². The lowest BCUT2D eigenvalue weighted by molar-refractivity contribution is -0.116. The van der Waals surface area contributed by atoms with Crippen molar-refractivity contribution in [1.82, 2.24) is 14.1 Å². The number of H-pyrrole nitrogens is 1. The molecule has 7 nitrogen and oxygen atoms in total. The van der Waals surface area contributed by atoms with Crippen molar-refractivity contribution in [3.63, 3.8) is 0 Å². The molecule has 31 heavy (non-hydrogen) atoms. The molecule has 3 heterocycles. The fourth-order valence-corrected chi connectivity index (χ4v) is 4.50. The van der Waals surface area contributed by atoms with E-state index in [1.165, 1.54) is 11.6 Å². The first-order valence-electron chi connectivity index (χ1n) is 9.45. The number of nitrogens with zero attached hydrogens (tertiary/aromatic N) is 2. The molecule has 0 saturated heterocycles. The van der Waals surface area contributed by atoms with E-state index in [4.69, 9.17) is 23.2 Å². The third-order valence-corrected chi connectivity index (χ3v) is 6.20. The number of halogens is 2. The third kappa shape index (κ3) is 2.85. The second-order valence-electron chi connectivity index (χ2n) is 7.50. The van der Waals surface area contributed by atoms with Gasteiger partial charge < -0.3 is 10.3 Å². The summed E-state index contributed by atoms with van der Waals surface area (Å²) in [5.74, 6) is -1.05. The van der Waals surface area contributed by atoms with E-state index >= 15 is 0 Å². The van der Waals surface area contributed by atoms with Crippen LogP contribution in [0, 0.1) is 0 Å². The lowest BCUT2D eigenvalue weighted by Gasteiger charge is -2.12. The fourth-order valence-electron chi connectivity index (χ4n) is 4.20. The number of carbonyl (C=O) groups excluding carboxylic acids is 1. The highest BCUT2D eigenvalue weighted by Crippen LogP contribution is 2.44. The van der Waals surface area contributed by atoms with E-state index in [0.717, 1.165) is 10.1 Å². The molecule has 5 rings (SSSR count). The standard InChI is InChI=1S/C22H16Cl2N4O3/c1-27-19-17(21(30)28(2)22(27)31)16(18(26-19)10-3-5-11(23)6-4-10)15-13-9-12(24)7-8-14(13)25-20(15)29/h3-9,15,26H,1-2H3,(H,25,29). The van der Waals surface area contributed by atoms with Crippen LogP contribution in [0.15, 0.2) is 52.1 Å². The van der Waals surface area contributed by atoms with Crippen LogP contribution in [-0.4, -0.2) is 20.0 Å². The first-order chi connectivity index (χ1) is 14.8. The van der Waals surface area contributed by atoms with Crippen LogP contribution < -0.4 is 16.6 Å². The highest BCUT2D eigenvalue weighted by atomic mass is 35.5. The van der Waals surface area contributed by atoms with Gasteiger partial charge >= 0.3 is 5.69 Å². The summed E-state index contributed by atoms with van der Waals surface area (Å²) >= 11 is 12.3. The van der Waals surface area contributed by atoms with Crippen molar-refractivity contribution in [3.05, 3.63) is 84.5 Å². The van der Waals surface area contributed by atoms with E-state index in [1.807, 2.05) is 0 Å². The quantitative estimate of drug-likeness (QED) is 0.484. The molecule has 2 N–H and O–H groups in total. The van der Waals surface area contributed by atoms with E-state index in [0.29, 0.717) is 38.2 Å². The number of aromatic amines is 1. The maximum atomic E-state index is 13.2. The SMILES string of the molecule is Cn1c(=O)c2c(C3C(=O)Nc4ccc(Cl)cc43)c(-c3ccc(Cl)cc3)[nH]c2n(C)c1=O. The normalized spacial score (nSPS) is 15.4. The van der Waals surface area contributed by atoms with E-state index < -0.39 is 17.2 Å². The van der Waals surface area contributed by atoms with Gasteiger partial charge in [0.05, 0.1) is 17.0 Å². The van der Waals surface area contributed by atoms with Gasteiger partial charge in [-0.2, -0.15) is 0 Å². The van der Waals surface area contributed by atoms with Gasteiger partial charge in [0.1, 0.15) is 5.65 Å². The number of nitrogens with one attached hydrogen (secondary N) is 2. The van der Waals surface area contributed by atoms with Gasteiger partial charge in [-0.25, -0.2) is 4.79 Å². The van der Waals surface area contributed by atoms with Gasteiger partial charge in [0.25, 0.3) is 5.56 Å². The maximum Gasteiger partial charge on any atom is 0.332 e. The molecule has 2 aromatic carbocycles. The number of anilines is 1. The highest BCUT2D eigenvalue weighted by molar-refractivity contribution is 6.31. The van der Waals surface area contributed by atoms with E-state index in [-0.39, 0.29) is 11.3 Å². The number of benzene rings is 2. The average Bonchev–Trinajstić information content (AvgIpc) is 3.28. The number of rotatable bonds is 2. The molecular weight excluding hydrogens is 439 g/mol. The zero-order chi connectivity index (χ0) is 22.0. The predicted molar refractivity (Wildman–Crippen MR) is 121 cm³/mol. The van der Waals surface area contributed by atoms with Crippen molar-refractivity contribution in [2.24, 2.45) is 14.1 Å². The summed E-state index contributed by atoms with van der Waals surface area (Å²) in [5, 5.41) is 4.18. The zero-order valence-electron chi connectivity index (χ0n) is 16.5. The van der Waals surface area contributed by atoms with Gasteiger partial charge in [-0.3, -0.25) is 18.7 Å². The first kappa shape index (κ1) is 19.7. The van der Waals surface area contributed by atoms with E-state index in [1.54, 1.807) is 49.5 Å². The summed E-state index contributed by atoms with van der Waals surface area (Å²) in [5.41, 5.74) is 2.50. The third-order valence-electron chi connectivity index (χ3n) is 5.71. The molecule has 0 radical (unpaired) electrons. The summed E-state index contributed by atoms with van der Waals surface area (Å²) in [6, 6.07) is 12.2. The number of hydrogen-bond donors (Lipinski definition) is 2. The van der Waals surface area contributed by atoms with Crippen molar-refractivity contribution >= 4 is 45.8 Å². The molecule has 0 aliphatic carbocycles. The second-order valence-corrected chi connectivity index (χ2v) is 8.38. The maximum absolute atomic E-state index is 13.2. The van der Waals surface area contributed by atoms with Crippen LogP contribution in [0.25, 0.3) is 22.3 Å². The zero-order valence-corrected chi connectivity index (χ0v) is 18.0. The number of carbonyl (C=O) groups is 1. The Morgan fingerprint density at radius 1 is 0.903 bits per heavy atom. The Morgan fingerprint density at radius 2 is 1.58 bits per heavy atom. The van der Waals surface area contributed by atoms with E-state index in [2.05, 4.69) is 10.3 Å². The average molecular weight is 455 g/mol. The Hall–Kier alpha value is -3.29. The molecule has 2 aromatic heterocycles. The van der Waals surface area contributed by atoms with Crippen molar-refractivity contribution in [2.45, 2.75) is 5.92 Å². The number of aryl methyl sites for hydroxylation is 1. The van der Waals surface area contributed by atoms with Gasteiger partial charge in [-0.05, 0) is 41.5 Å². The minimum absolute atomic E-state index is 0.274. The lowest BCUT2D eigenvalue weighted by atomic mass is 9.89. The molecule has 1 aliphatic rings. The van der Waals surface area contributed by atoms with Gasteiger partial charge in [0.15, 0.2) is 0 Å². The van der Waals surface area contributed by atoms with Crippen LogP contribution in [0.4, 0.5) is 5.69 Å². The van der Waals surface area contributed by atoms with Crippen LogP contribution in [0.1, 0.15) is 17.0 Å². The van der Waals surface area contributed by atoms with Crippen LogP contribution in [0.2, 0.25) is 10.0 Å². The van der Waals surface area contributed by atoms with Crippen LogP contribution in [-0.2, 0) is 18.9 Å². The van der Waals surface area contributed by atoms with E-state index in [9.17, 15) is 14.4 Å². The summed E-state index contributed by atoms with van der Waals surface area (Å²) in [6.07, 6.45) is 0. The van der Waals surface area contributed by atoms with Crippen LogP contribution in [0.5, 0.6) is 0 Å². The molecule has 1 atom stereocenters. The summed E-state index contributed by atoms with van der Waals surface area (Å²) in [4.78, 5) is 42.1. The minimum Gasteiger partial charge on any atom is -0.340 e. The molecule has 156 valence electrons. The van der Waals surface area contributed by atoms with Crippen molar-refractivity contribution in [3.8, 4) is 11.3 Å².